The predicted octanol–water partition coefficient (Wildman–Crippen LogP) is 1.29. The summed E-state index contributed by atoms with van der Waals surface area (Å²) < 4.78 is 0. The van der Waals surface area contributed by atoms with Crippen LogP contribution in [0.3, 0.4) is 0 Å². The second-order valence-electron chi connectivity index (χ2n) is 5.66. The molecule has 0 radical (unpaired) electrons. The van der Waals surface area contributed by atoms with Crippen LogP contribution in [0.4, 0.5) is 5.69 Å². The number of hydrogen-bond donors (Lipinski definition) is 1. The largest absolute Gasteiger partial charge is 0.326 e. The maximum atomic E-state index is 12.2. The zero-order valence-corrected chi connectivity index (χ0v) is 10.5. The lowest BCUT2D eigenvalue weighted by Crippen LogP contribution is -2.36. The van der Waals surface area contributed by atoms with Gasteiger partial charge >= 0.3 is 0 Å². The van der Waals surface area contributed by atoms with Crippen molar-refractivity contribution < 1.29 is 9.59 Å². The van der Waals surface area contributed by atoms with Crippen molar-refractivity contribution in [1.29, 1.82) is 0 Å². The number of hydrogen-bond acceptors (Lipinski definition) is 3. The molecular formula is C14H16N2O2. The molecule has 0 spiro atoms. The second kappa shape index (κ2) is 3.42. The van der Waals surface area contributed by atoms with Crippen molar-refractivity contribution in [3.8, 4) is 0 Å². The zero-order valence-electron chi connectivity index (χ0n) is 10.5. The smallest absolute Gasteiger partial charge is 0.238 e. The van der Waals surface area contributed by atoms with Gasteiger partial charge in [0.2, 0.25) is 11.8 Å². The van der Waals surface area contributed by atoms with Crippen molar-refractivity contribution in [2.75, 3.05) is 4.90 Å². The first kappa shape index (κ1) is 11.4. The minimum absolute atomic E-state index is 0.0656. The Hall–Kier alpha value is -1.68. The lowest BCUT2D eigenvalue weighted by atomic mass is 10.0. The van der Waals surface area contributed by atoms with Gasteiger partial charge in [0.1, 0.15) is 0 Å². The minimum Gasteiger partial charge on any atom is -0.326 e. The maximum absolute atomic E-state index is 12.2. The third-order valence-electron chi connectivity index (χ3n) is 4.20. The standard InChI is InChI=1S/C14H16N2O2/c1-14(2)10-11(14)13(18)16(12(10)17)9-5-3-4-8(6-9)7-15/h3-6,10-11H,7,15H2,1-2H3. The highest BCUT2D eigenvalue weighted by atomic mass is 16.2. The summed E-state index contributed by atoms with van der Waals surface area (Å²) in [6, 6.07) is 7.31. The SMILES string of the molecule is CC1(C)C2C(=O)N(c3cccc(CN)c3)C(=O)C21. The van der Waals surface area contributed by atoms with Gasteiger partial charge in [-0.3, -0.25) is 14.5 Å². The van der Waals surface area contributed by atoms with Gasteiger partial charge in [-0.1, -0.05) is 26.0 Å². The first-order valence-corrected chi connectivity index (χ1v) is 6.15. The van der Waals surface area contributed by atoms with Crippen LogP contribution in [0.25, 0.3) is 0 Å². The number of fused-ring (bicyclic) bond motifs is 1. The van der Waals surface area contributed by atoms with E-state index in [9.17, 15) is 9.59 Å². The van der Waals surface area contributed by atoms with Crippen LogP contribution in [0.2, 0.25) is 0 Å². The number of piperidine rings is 1. The highest BCUT2D eigenvalue weighted by Crippen LogP contribution is 2.63. The van der Waals surface area contributed by atoms with Crippen LogP contribution in [0.15, 0.2) is 24.3 Å². The van der Waals surface area contributed by atoms with Crippen molar-refractivity contribution in [1.82, 2.24) is 0 Å². The fourth-order valence-electron chi connectivity index (χ4n) is 3.02. The van der Waals surface area contributed by atoms with Gasteiger partial charge in [-0.2, -0.15) is 0 Å². The molecule has 1 saturated heterocycles. The van der Waals surface area contributed by atoms with Gasteiger partial charge in [0.05, 0.1) is 17.5 Å². The number of carbonyl (C=O) groups excluding carboxylic acids is 2. The maximum Gasteiger partial charge on any atom is 0.238 e. The van der Waals surface area contributed by atoms with Crippen LogP contribution in [0.1, 0.15) is 19.4 Å². The molecule has 2 N–H and O–H groups in total. The summed E-state index contributed by atoms with van der Waals surface area (Å²) in [6.07, 6.45) is 0. The summed E-state index contributed by atoms with van der Waals surface area (Å²) in [6.45, 7) is 4.36. The Balaban J connectivity index is 1.95. The number of imide groups is 1. The first-order valence-electron chi connectivity index (χ1n) is 6.15. The number of amides is 2. The van der Waals surface area contributed by atoms with E-state index < -0.39 is 0 Å². The van der Waals surface area contributed by atoms with E-state index in [0.29, 0.717) is 12.2 Å². The third-order valence-corrected chi connectivity index (χ3v) is 4.20. The Morgan fingerprint density at radius 1 is 1.22 bits per heavy atom. The summed E-state index contributed by atoms with van der Waals surface area (Å²) >= 11 is 0. The molecule has 1 aliphatic heterocycles. The molecule has 94 valence electrons. The lowest BCUT2D eigenvalue weighted by molar-refractivity contribution is -0.125. The second-order valence-corrected chi connectivity index (χ2v) is 5.66. The molecular weight excluding hydrogens is 228 g/mol. The highest BCUT2D eigenvalue weighted by Gasteiger charge is 2.72. The Labute approximate surface area is 106 Å². The average molecular weight is 244 g/mol. The van der Waals surface area contributed by atoms with E-state index in [1.807, 2.05) is 32.0 Å². The number of anilines is 1. The summed E-state index contributed by atoms with van der Waals surface area (Å²) in [5, 5.41) is 0. The van der Waals surface area contributed by atoms with Crippen LogP contribution in [-0.2, 0) is 16.1 Å². The lowest BCUT2D eigenvalue weighted by Gasteiger charge is -2.20. The Kier molecular flexibility index (Phi) is 2.17. The molecule has 4 heteroatoms. The van der Waals surface area contributed by atoms with Crippen LogP contribution >= 0.6 is 0 Å². The molecule has 2 amide bonds. The van der Waals surface area contributed by atoms with Crippen molar-refractivity contribution in [2.24, 2.45) is 23.0 Å². The molecule has 1 heterocycles. The molecule has 0 aromatic heterocycles. The third kappa shape index (κ3) is 1.29. The first-order chi connectivity index (χ1) is 8.48. The van der Waals surface area contributed by atoms with Crippen LogP contribution < -0.4 is 10.6 Å². The van der Waals surface area contributed by atoms with Crippen LogP contribution in [0, 0.1) is 17.3 Å². The van der Waals surface area contributed by atoms with Gasteiger partial charge in [0.15, 0.2) is 0 Å². The van der Waals surface area contributed by atoms with E-state index in [0.717, 1.165) is 5.56 Å². The number of nitrogens with zero attached hydrogens (tertiary/aromatic N) is 1. The van der Waals surface area contributed by atoms with Crippen LogP contribution in [-0.4, -0.2) is 11.8 Å². The van der Waals surface area contributed by atoms with Gasteiger partial charge < -0.3 is 5.73 Å². The van der Waals surface area contributed by atoms with Crippen molar-refractivity contribution >= 4 is 17.5 Å². The quantitative estimate of drug-likeness (QED) is 0.797. The molecule has 2 aliphatic rings. The summed E-state index contributed by atoms with van der Waals surface area (Å²) in [5.74, 6) is -0.397. The van der Waals surface area contributed by atoms with Gasteiger partial charge in [0.25, 0.3) is 0 Å². The number of nitrogens with two attached hydrogens (primary N) is 1. The van der Waals surface area contributed by atoms with E-state index in [-0.39, 0.29) is 29.1 Å². The Morgan fingerprint density at radius 2 is 1.83 bits per heavy atom. The summed E-state index contributed by atoms with van der Waals surface area (Å²) in [4.78, 5) is 25.8. The normalized spacial score (nSPS) is 28.5. The molecule has 1 aliphatic carbocycles. The van der Waals surface area contributed by atoms with E-state index >= 15 is 0 Å². The number of rotatable bonds is 2. The number of benzene rings is 1. The fraction of sp³-hybridized carbons (Fsp3) is 0.429. The monoisotopic (exact) mass is 244 g/mol. The summed E-state index contributed by atoms with van der Waals surface area (Å²) in [5.41, 5.74) is 6.99. The highest BCUT2D eigenvalue weighted by molar-refractivity contribution is 6.25. The van der Waals surface area contributed by atoms with Crippen molar-refractivity contribution in [2.45, 2.75) is 20.4 Å². The minimum atomic E-state index is -0.157. The predicted molar refractivity (Wildman–Crippen MR) is 67.6 cm³/mol. The molecule has 2 fully saturated rings. The molecule has 2 atom stereocenters. The van der Waals surface area contributed by atoms with Gasteiger partial charge in [-0.15, -0.1) is 0 Å². The van der Waals surface area contributed by atoms with Gasteiger partial charge in [0, 0.05) is 6.54 Å². The number of carbonyl (C=O) groups is 2. The van der Waals surface area contributed by atoms with E-state index in [2.05, 4.69) is 0 Å². The van der Waals surface area contributed by atoms with Crippen molar-refractivity contribution in [3.63, 3.8) is 0 Å². The topological polar surface area (TPSA) is 63.4 Å². The molecule has 4 nitrogen and oxygen atoms in total. The molecule has 18 heavy (non-hydrogen) atoms. The summed E-state index contributed by atoms with van der Waals surface area (Å²) in [7, 11) is 0. The molecule has 2 unspecified atom stereocenters. The fourth-order valence-corrected chi connectivity index (χ4v) is 3.02. The van der Waals surface area contributed by atoms with E-state index in [1.54, 1.807) is 6.07 Å². The van der Waals surface area contributed by atoms with E-state index in [1.165, 1.54) is 4.90 Å². The van der Waals surface area contributed by atoms with E-state index in [4.69, 9.17) is 5.73 Å². The molecule has 3 rings (SSSR count). The van der Waals surface area contributed by atoms with Gasteiger partial charge in [-0.25, -0.2) is 0 Å². The van der Waals surface area contributed by atoms with Gasteiger partial charge in [-0.05, 0) is 23.1 Å². The Morgan fingerprint density at radius 3 is 2.39 bits per heavy atom. The van der Waals surface area contributed by atoms with Crippen molar-refractivity contribution in [3.05, 3.63) is 29.8 Å². The van der Waals surface area contributed by atoms with Crippen LogP contribution in [0.5, 0.6) is 0 Å². The zero-order chi connectivity index (χ0) is 13.1. The molecule has 0 bridgehead atoms. The molecule has 1 aromatic rings. The molecule has 1 aromatic carbocycles. The molecule has 1 saturated carbocycles. The average Bonchev–Trinajstić information content (AvgIpc) is 2.79. The Bertz CT molecular complexity index is 526.